The summed E-state index contributed by atoms with van der Waals surface area (Å²) in [5.41, 5.74) is 0. The second kappa shape index (κ2) is 9.20. The summed E-state index contributed by atoms with van der Waals surface area (Å²) in [6.45, 7) is 7.21. The Morgan fingerprint density at radius 1 is 1.29 bits per heavy atom. The zero-order valence-electron chi connectivity index (χ0n) is 9.84. The maximum Gasteiger partial charge on any atom is 0.158 e. The summed E-state index contributed by atoms with van der Waals surface area (Å²) in [5.74, 6) is 0.831. The van der Waals surface area contributed by atoms with Crippen LogP contribution in [0.1, 0.15) is 52.9 Å². The molecule has 0 radical (unpaired) electrons. The third-order valence-corrected chi connectivity index (χ3v) is 2.53. The SMILES string of the molecule is CCCCC(CC)CC(=O)COCC. The zero-order valence-corrected chi connectivity index (χ0v) is 9.84. The monoisotopic (exact) mass is 200 g/mol. The maximum atomic E-state index is 11.4. The molecule has 0 aliphatic carbocycles. The number of rotatable bonds is 9. The van der Waals surface area contributed by atoms with E-state index in [1.807, 2.05) is 6.92 Å². The van der Waals surface area contributed by atoms with Crippen LogP contribution in [0.25, 0.3) is 0 Å². The Morgan fingerprint density at radius 3 is 2.50 bits per heavy atom. The minimum absolute atomic E-state index is 0.259. The van der Waals surface area contributed by atoms with Crippen LogP contribution >= 0.6 is 0 Å². The number of ether oxygens (including phenoxy) is 1. The lowest BCUT2D eigenvalue weighted by atomic mass is 9.94. The summed E-state index contributed by atoms with van der Waals surface area (Å²) in [6.07, 6.45) is 5.45. The summed E-state index contributed by atoms with van der Waals surface area (Å²) >= 11 is 0. The highest BCUT2D eigenvalue weighted by Crippen LogP contribution is 2.16. The standard InChI is InChI=1S/C12H24O2/c1-4-7-8-11(5-2)9-12(13)10-14-6-3/h11H,4-10H2,1-3H3. The average Bonchev–Trinajstić information content (AvgIpc) is 2.21. The van der Waals surface area contributed by atoms with Crippen LogP contribution in [-0.4, -0.2) is 19.0 Å². The summed E-state index contributed by atoms with van der Waals surface area (Å²) in [5, 5.41) is 0. The first-order chi connectivity index (χ1) is 6.74. The molecular weight excluding hydrogens is 176 g/mol. The van der Waals surface area contributed by atoms with Crippen LogP contribution in [0, 0.1) is 5.92 Å². The van der Waals surface area contributed by atoms with Gasteiger partial charge in [0.25, 0.3) is 0 Å². The van der Waals surface area contributed by atoms with Crippen molar-refractivity contribution in [1.29, 1.82) is 0 Å². The van der Waals surface area contributed by atoms with Gasteiger partial charge in [0.1, 0.15) is 6.61 Å². The van der Waals surface area contributed by atoms with Crippen LogP contribution in [0.15, 0.2) is 0 Å². The Hall–Kier alpha value is -0.370. The fraction of sp³-hybridized carbons (Fsp3) is 0.917. The van der Waals surface area contributed by atoms with E-state index < -0.39 is 0 Å². The number of Topliss-reactive ketones (excluding diaryl/α,β-unsaturated/α-hetero) is 1. The van der Waals surface area contributed by atoms with Crippen LogP contribution < -0.4 is 0 Å². The molecule has 0 aromatic rings. The van der Waals surface area contributed by atoms with Gasteiger partial charge in [-0.25, -0.2) is 0 Å². The predicted molar refractivity (Wildman–Crippen MR) is 59.4 cm³/mol. The number of ketones is 1. The zero-order chi connectivity index (χ0) is 10.8. The second-order valence-corrected chi connectivity index (χ2v) is 3.80. The highest BCUT2D eigenvalue weighted by Gasteiger charge is 2.11. The third-order valence-electron chi connectivity index (χ3n) is 2.53. The fourth-order valence-electron chi connectivity index (χ4n) is 1.54. The van der Waals surface area contributed by atoms with E-state index in [1.165, 1.54) is 19.3 Å². The predicted octanol–water partition coefficient (Wildman–Crippen LogP) is 3.20. The summed E-state index contributed by atoms with van der Waals surface area (Å²) < 4.78 is 5.10. The van der Waals surface area contributed by atoms with Crippen molar-refractivity contribution in [3.05, 3.63) is 0 Å². The van der Waals surface area contributed by atoms with E-state index in [9.17, 15) is 4.79 Å². The number of carbonyl (C=O) groups is 1. The van der Waals surface area contributed by atoms with E-state index >= 15 is 0 Å². The number of hydrogen-bond acceptors (Lipinski definition) is 2. The van der Waals surface area contributed by atoms with Crippen LogP contribution in [0.4, 0.5) is 0 Å². The van der Waals surface area contributed by atoms with Gasteiger partial charge in [-0.2, -0.15) is 0 Å². The summed E-state index contributed by atoms with van der Waals surface area (Å²) in [7, 11) is 0. The molecular formula is C12H24O2. The molecule has 0 fully saturated rings. The molecule has 0 N–H and O–H groups in total. The van der Waals surface area contributed by atoms with Crippen molar-refractivity contribution in [2.75, 3.05) is 13.2 Å². The van der Waals surface area contributed by atoms with Crippen LogP contribution in [-0.2, 0) is 9.53 Å². The maximum absolute atomic E-state index is 11.4. The largest absolute Gasteiger partial charge is 0.374 e. The van der Waals surface area contributed by atoms with E-state index in [1.54, 1.807) is 0 Å². The highest BCUT2D eigenvalue weighted by atomic mass is 16.5. The molecule has 1 atom stereocenters. The van der Waals surface area contributed by atoms with E-state index in [4.69, 9.17) is 4.74 Å². The number of unbranched alkanes of at least 4 members (excludes halogenated alkanes) is 1. The second-order valence-electron chi connectivity index (χ2n) is 3.80. The summed E-state index contributed by atoms with van der Waals surface area (Å²) in [6, 6.07) is 0. The number of hydrogen-bond donors (Lipinski definition) is 0. The van der Waals surface area contributed by atoms with Gasteiger partial charge in [-0.1, -0.05) is 39.5 Å². The molecule has 84 valence electrons. The van der Waals surface area contributed by atoms with Gasteiger partial charge in [0.05, 0.1) is 0 Å². The Morgan fingerprint density at radius 2 is 2.00 bits per heavy atom. The van der Waals surface area contributed by atoms with E-state index in [0.29, 0.717) is 25.6 Å². The molecule has 0 rings (SSSR count). The van der Waals surface area contributed by atoms with Crippen molar-refractivity contribution >= 4 is 5.78 Å². The van der Waals surface area contributed by atoms with Gasteiger partial charge in [-0.3, -0.25) is 4.79 Å². The van der Waals surface area contributed by atoms with E-state index in [-0.39, 0.29) is 5.78 Å². The normalized spacial score (nSPS) is 12.8. The molecule has 0 aliphatic heterocycles. The van der Waals surface area contributed by atoms with E-state index in [0.717, 1.165) is 6.42 Å². The molecule has 0 aromatic heterocycles. The van der Waals surface area contributed by atoms with Gasteiger partial charge >= 0.3 is 0 Å². The highest BCUT2D eigenvalue weighted by molar-refractivity contribution is 5.79. The van der Waals surface area contributed by atoms with Crippen LogP contribution in [0.3, 0.4) is 0 Å². The lowest BCUT2D eigenvalue weighted by Gasteiger charge is -2.12. The fourth-order valence-corrected chi connectivity index (χ4v) is 1.54. The molecule has 0 spiro atoms. The van der Waals surface area contributed by atoms with Crippen LogP contribution in [0.5, 0.6) is 0 Å². The number of carbonyl (C=O) groups excluding carboxylic acids is 1. The Bertz CT molecular complexity index is 143. The van der Waals surface area contributed by atoms with Crippen molar-refractivity contribution in [3.63, 3.8) is 0 Å². The molecule has 0 saturated carbocycles. The smallest absolute Gasteiger partial charge is 0.158 e. The Balaban J connectivity index is 3.62. The lowest BCUT2D eigenvalue weighted by Crippen LogP contribution is -2.13. The third kappa shape index (κ3) is 7.07. The molecule has 14 heavy (non-hydrogen) atoms. The average molecular weight is 200 g/mol. The first-order valence-electron chi connectivity index (χ1n) is 5.83. The Labute approximate surface area is 88.0 Å². The van der Waals surface area contributed by atoms with Gasteiger partial charge in [0.15, 0.2) is 5.78 Å². The molecule has 0 heterocycles. The van der Waals surface area contributed by atoms with Crippen molar-refractivity contribution in [3.8, 4) is 0 Å². The molecule has 0 amide bonds. The molecule has 0 saturated heterocycles. The van der Waals surface area contributed by atoms with Gasteiger partial charge in [0, 0.05) is 13.0 Å². The van der Waals surface area contributed by atoms with E-state index in [2.05, 4.69) is 13.8 Å². The first kappa shape index (κ1) is 13.6. The van der Waals surface area contributed by atoms with Crippen LogP contribution in [0.2, 0.25) is 0 Å². The topological polar surface area (TPSA) is 26.3 Å². The minimum Gasteiger partial charge on any atom is -0.374 e. The van der Waals surface area contributed by atoms with Crippen molar-refractivity contribution in [1.82, 2.24) is 0 Å². The molecule has 2 heteroatoms. The van der Waals surface area contributed by atoms with Gasteiger partial charge in [-0.05, 0) is 12.8 Å². The quantitative estimate of drug-likeness (QED) is 0.571. The molecule has 0 bridgehead atoms. The Kier molecular flexibility index (Phi) is 8.95. The van der Waals surface area contributed by atoms with Gasteiger partial charge in [-0.15, -0.1) is 0 Å². The van der Waals surface area contributed by atoms with Crippen molar-refractivity contribution in [2.24, 2.45) is 5.92 Å². The molecule has 2 nitrogen and oxygen atoms in total. The molecule has 1 unspecified atom stereocenters. The van der Waals surface area contributed by atoms with Gasteiger partial charge in [0.2, 0.25) is 0 Å². The van der Waals surface area contributed by atoms with Crippen molar-refractivity contribution in [2.45, 2.75) is 52.9 Å². The summed E-state index contributed by atoms with van der Waals surface area (Å²) in [4.78, 5) is 11.4. The van der Waals surface area contributed by atoms with Crippen molar-refractivity contribution < 1.29 is 9.53 Å². The lowest BCUT2D eigenvalue weighted by molar-refractivity contribution is -0.124. The molecule has 0 aromatic carbocycles. The minimum atomic E-state index is 0.259. The van der Waals surface area contributed by atoms with Gasteiger partial charge < -0.3 is 4.74 Å². The first-order valence-corrected chi connectivity index (χ1v) is 5.83. The molecule has 0 aliphatic rings.